The van der Waals surface area contributed by atoms with Gasteiger partial charge in [0.25, 0.3) is 5.91 Å². The molecule has 3 N–H and O–H groups in total. The molecule has 1 amide bonds. The van der Waals surface area contributed by atoms with Crippen molar-refractivity contribution in [2.24, 2.45) is 0 Å². The number of nitrogens with one attached hydrogen (secondary N) is 1. The summed E-state index contributed by atoms with van der Waals surface area (Å²) in [5.74, 6) is 0.683. The molecule has 0 saturated carbocycles. The van der Waals surface area contributed by atoms with Gasteiger partial charge < -0.3 is 15.8 Å². The van der Waals surface area contributed by atoms with Crippen LogP contribution >= 0.6 is 11.6 Å². The maximum absolute atomic E-state index is 12.1. The molecule has 0 bridgehead atoms. The summed E-state index contributed by atoms with van der Waals surface area (Å²) in [5.41, 5.74) is 8.78. The number of ether oxygens (including phenoxy) is 1. The lowest BCUT2D eigenvalue weighted by Crippen LogP contribution is -2.24. The van der Waals surface area contributed by atoms with Crippen molar-refractivity contribution in [3.8, 4) is 5.75 Å². The standard InChI is InChI=1S/C15H13ClN2O2/c16-11-2-3-13(17)12(6-11)15(19)18-7-9-1-4-14-10(5-9)8-20-14/h1-6H,7-8,17H2,(H,18,19). The van der Waals surface area contributed by atoms with Gasteiger partial charge in [-0.3, -0.25) is 4.79 Å². The number of halogens is 1. The van der Waals surface area contributed by atoms with Crippen molar-refractivity contribution in [1.82, 2.24) is 5.32 Å². The smallest absolute Gasteiger partial charge is 0.253 e. The van der Waals surface area contributed by atoms with E-state index in [1.165, 1.54) is 5.56 Å². The molecule has 20 heavy (non-hydrogen) atoms. The van der Waals surface area contributed by atoms with Crippen LogP contribution in [0.2, 0.25) is 5.02 Å². The van der Waals surface area contributed by atoms with Gasteiger partial charge in [0, 0.05) is 22.8 Å². The molecule has 0 aliphatic carbocycles. The Labute approximate surface area is 121 Å². The van der Waals surface area contributed by atoms with E-state index >= 15 is 0 Å². The summed E-state index contributed by atoms with van der Waals surface area (Å²) in [6.07, 6.45) is 0. The maximum Gasteiger partial charge on any atom is 0.253 e. The topological polar surface area (TPSA) is 64.4 Å². The van der Waals surface area contributed by atoms with E-state index in [2.05, 4.69) is 5.32 Å². The number of amides is 1. The molecule has 0 aromatic heterocycles. The SMILES string of the molecule is Nc1ccc(Cl)cc1C(=O)NCc1ccc2c(c1)CO2. The second-order valence-electron chi connectivity index (χ2n) is 4.65. The Kier molecular flexibility index (Phi) is 3.24. The van der Waals surface area contributed by atoms with E-state index in [0.717, 1.165) is 11.3 Å². The van der Waals surface area contributed by atoms with E-state index < -0.39 is 0 Å². The third-order valence-electron chi connectivity index (χ3n) is 3.22. The lowest BCUT2D eigenvalue weighted by Gasteiger charge is -2.20. The van der Waals surface area contributed by atoms with E-state index in [1.54, 1.807) is 18.2 Å². The molecule has 5 heteroatoms. The summed E-state index contributed by atoms with van der Waals surface area (Å²) < 4.78 is 5.24. The average molecular weight is 289 g/mol. The zero-order chi connectivity index (χ0) is 14.1. The molecular formula is C15H13ClN2O2. The van der Waals surface area contributed by atoms with Crippen molar-refractivity contribution in [2.75, 3.05) is 5.73 Å². The van der Waals surface area contributed by atoms with Crippen LogP contribution in [0.3, 0.4) is 0 Å². The number of anilines is 1. The monoisotopic (exact) mass is 288 g/mol. The van der Waals surface area contributed by atoms with Gasteiger partial charge in [-0.25, -0.2) is 0 Å². The quantitative estimate of drug-likeness (QED) is 0.854. The maximum atomic E-state index is 12.1. The number of benzene rings is 2. The second-order valence-corrected chi connectivity index (χ2v) is 5.08. The van der Waals surface area contributed by atoms with Crippen LogP contribution in [0.15, 0.2) is 36.4 Å². The number of hydrogen-bond acceptors (Lipinski definition) is 3. The minimum absolute atomic E-state index is 0.232. The molecule has 1 heterocycles. The molecule has 1 aliphatic rings. The van der Waals surface area contributed by atoms with E-state index in [0.29, 0.717) is 29.4 Å². The summed E-state index contributed by atoms with van der Waals surface area (Å²) in [6, 6.07) is 10.7. The van der Waals surface area contributed by atoms with Crippen LogP contribution in [0.4, 0.5) is 5.69 Å². The number of carbonyl (C=O) groups is 1. The molecule has 3 rings (SSSR count). The molecule has 1 aliphatic heterocycles. The van der Waals surface area contributed by atoms with Gasteiger partial charge in [-0.05, 0) is 35.9 Å². The Balaban J connectivity index is 1.69. The fourth-order valence-corrected chi connectivity index (χ4v) is 2.25. The van der Waals surface area contributed by atoms with Crippen LogP contribution in [-0.2, 0) is 13.2 Å². The number of hydrogen-bond donors (Lipinski definition) is 2. The van der Waals surface area contributed by atoms with E-state index in [4.69, 9.17) is 22.1 Å². The van der Waals surface area contributed by atoms with Gasteiger partial charge in [-0.15, -0.1) is 0 Å². The Morgan fingerprint density at radius 2 is 2.15 bits per heavy atom. The van der Waals surface area contributed by atoms with Gasteiger partial charge in [-0.1, -0.05) is 17.7 Å². The van der Waals surface area contributed by atoms with Crippen molar-refractivity contribution in [3.05, 3.63) is 58.1 Å². The lowest BCUT2D eigenvalue weighted by atomic mass is 10.1. The van der Waals surface area contributed by atoms with Gasteiger partial charge >= 0.3 is 0 Å². The highest BCUT2D eigenvalue weighted by molar-refractivity contribution is 6.31. The highest BCUT2D eigenvalue weighted by atomic mass is 35.5. The normalized spacial score (nSPS) is 12.1. The van der Waals surface area contributed by atoms with Crippen LogP contribution in [0, 0.1) is 0 Å². The fourth-order valence-electron chi connectivity index (χ4n) is 2.07. The average Bonchev–Trinajstić information content (AvgIpc) is 2.41. The van der Waals surface area contributed by atoms with Crippen molar-refractivity contribution in [3.63, 3.8) is 0 Å². The zero-order valence-electron chi connectivity index (χ0n) is 10.7. The first-order valence-corrected chi connectivity index (χ1v) is 6.59. The summed E-state index contributed by atoms with van der Waals surface area (Å²) in [4.78, 5) is 12.1. The zero-order valence-corrected chi connectivity index (χ0v) is 11.4. The first-order chi connectivity index (χ1) is 9.63. The van der Waals surface area contributed by atoms with E-state index in [-0.39, 0.29) is 5.91 Å². The van der Waals surface area contributed by atoms with Crippen molar-refractivity contribution < 1.29 is 9.53 Å². The molecule has 2 aromatic carbocycles. The van der Waals surface area contributed by atoms with Crippen LogP contribution in [0.1, 0.15) is 21.5 Å². The fraction of sp³-hybridized carbons (Fsp3) is 0.133. The third-order valence-corrected chi connectivity index (χ3v) is 3.46. The van der Waals surface area contributed by atoms with Crippen LogP contribution in [0.25, 0.3) is 0 Å². The molecule has 2 aromatic rings. The van der Waals surface area contributed by atoms with Crippen LogP contribution in [-0.4, -0.2) is 5.91 Å². The summed E-state index contributed by atoms with van der Waals surface area (Å²) >= 11 is 5.87. The Bertz CT molecular complexity index is 686. The highest BCUT2D eigenvalue weighted by Crippen LogP contribution is 2.29. The number of fused-ring (bicyclic) bond motifs is 1. The number of nitrogens with two attached hydrogens (primary N) is 1. The Morgan fingerprint density at radius 3 is 2.85 bits per heavy atom. The number of carbonyl (C=O) groups excluding carboxylic acids is 1. The van der Waals surface area contributed by atoms with Crippen LogP contribution in [0.5, 0.6) is 5.75 Å². The van der Waals surface area contributed by atoms with Crippen molar-refractivity contribution in [2.45, 2.75) is 13.2 Å². The van der Waals surface area contributed by atoms with Crippen molar-refractivity contribution in [1.29, 1.82) is 0 Å². The predicted molar refractivity (Wildman–Crippen MR) is 77.8 cm³/mol. The molecule has 0 saturated heterocycles. The second kappa shape index (κ2) is 5.06. The molecule has 102 valence electrons. The molecule has 0 atom stereocenters. The summed E-state index contributed by atoms with van der Waals surface area (Å²) in [6.45, 7) is 1.08. The largest absolute Gasteiger partial charge is 0.488 e. The van der Waals surface area contributed by atoms with Crippen molar-refractivity contribution >= 4 is 23.2 Å². The molecule has 0 unspecified atom stereocenters. The summed E-state index contributed by atoms with van der Waals surface area (Å²) in [7, 11) is 0. The van der Waals surface area contributed by atoms with E-state index in [1.807, 2.05) is 18.2 Å². The molecular weight excluding hydrogens is 276 g/mol. The molecule has 4 nitrogen and oxygen atoms in total. The first-order valence-electron chi connectivity index (χ1n) is 6.21. The number of nitrogen functional groups attached to an aromatic ring is 1. The lowest BCUT2D eigenvalue weighted by molar-refractivity contribution is 0.0952. The molecule has 0 spiro atoms. The molecule has 0 fully saturated rings. The minimum atomic E-state index is -0.232. The summed E-state index contributed by atoms with van der Waals surface area (Å²) in [5, 5.41) is 3.32. The number of rotatable bonds is 3. The third kappa shape index (κ3) is 2.42. The van der Waals surface area contributed by atoms with Gasteiger partial charge in [0.2, 0.25) is 0 Å². The van der Waals surface area contributed by atoms with E-state index in [9.17, 15) is 4.79 Å². The van der Waals surface area contributed by atoms with Gasteiger partial charge in [-0.2, -0.15) is 0 Å². The van der Waals surface area contributed by atoms with Gasteiger partial charge in [0.1, 0.15) is 12.4 Å². The first kappa shape index (κ1) is 12.8. The molecule has 0 radical (unpaired) electrons. The predicted octanol–water partition coefficient (Wildman–Crippen LogP) is 2.74. The van der Waals surface area contributed by atoms with Crippen LogP contribution < -0.4 is 15.8 Å². The van der Waals surface area contributed by atoms with Gasteiger partial charge in [0.05, 0.1) is 5.56 Å². The Hall–Kier alpha value is -2.20. The minimum Gasteiger partial charge on any atom is -0.488 e. The van der Waals surface area contributed by atoms with Gasteiger partial charge in [0.15, 0.2) is 0 Å². The Morgan fingerprint density at radius 1 is 1.30 bits per heavy atom. The highest BCUT2D eigenvalue weighted by Gasteiger charge is 2.15.